The summed E-state index contributed by atoms with van der Waals surface area (Å²) in [6, 6.07) is 31.5. The van der Waals surface area contributed by atoms with Crippen molar-refractivity contribution in [2.45, 2.75) is 6.92 Å². The zero-order valence-electron chi connectivity index (χ0n) is 18.9. The third-order valence-electron chi connectivity index (χ3n) is 6.38. The van der Waals surface area contributed by atoms with E-state index in [4.69, 9.17) is 4.42 Å². The third kappa shape index (κ3) is 3.46. The number of nitrogens with zero attached hydrogens (tertiary/aromatic N) is 2. The summed E-state index contributed by atoms with van der Waals surface area (Å²) in [5, 5.41) is 11.7. The molecule has 0 aliphatic carbocycles. The fourth-order valence-corrected chi connectivity index (χ4v) is 4.55. The van der Waals surface area contributed by atoms with E-state index in [0.717, 1.165) is 33.0 Å². The van der Waals surface area contributed by atoms with Crippen molar-refractivity contribution in [2.75, 3.05) is 0 Å². The van der Waals surface area contributed by atoms with E-state index in [-0.39, 0.29) is 5.82 Å². The van der Waals surface area contributed by atoms with E-state index in [2.05, 4.69) is 35.3 Å². The van der Waals surface area contributed by atoms with Gasteiger partial charge in [-0.1, -0.05) is 66.7 Å². The van der Waals surface area contributed by atoms with Crippen molar-refractivity contribution >= 4 is 21.9 Å². The van der Waals surface area contributed by atoms with Gasteiger partial charge in [-0.2, -0.15) is 5.26 Å². The summed E-state index contributed by atoms with van der Waals surface area (Å²) in [5.41, 5.74) is 7.36. The summed E-state index contributed by atoms with van der Waals surface area (Å²) >= 11 is 0. The van der Waals surface area contributed by atoms with Crippen LogP contribution < -0.4 is 0 Å². The summed E-state index contributed by atoms with van der Waals surface area (Å²) in [4.78, 5) is 4.43. The predicted octanol–water partition coefficient (Wildman–Crippen LogP) is 8.30. The standard InChI is InChI=1S/C31H19FN2O/c1-19-18-34-28(16-27(19)32)26-9-5-8-24-25-15-14-23(17-33)29(31(25)35-30(24)26)22-12-10-21(11-13-22)20-6-3-2-4-7-20/h2-16,18H,1H3. The van der Waals surface area contributed by atoms with Crippen molar-refractivity contribution in [3.8, 4) is 39.6 Å². The summed E-state index contributed by atoms with van der Waals surface area (Å²) in [6.07, 6.45) is 1.53. The van der Waals surface area contributed by atoms with Gasteiger partial charge >= 0.3 is 0 Å². The van der Waals surface area contributed by atoms with Crippen LogP contribution in [0, 0.1) is 24.1 Å². The van der Waals surface area contributed by atoms with Crippen LogP contribution in [0.2, 0.25) is 0 Å². The zero-order valence-corrected chi connectivity index (χ0v) is 18.9. The van der Waals surface area contributed by atoms with Gasteiger partial charge in [-0.3, -0.25) is 4.98 Å². The van der Waals surface area contributed by atoms with Gasteiger partial charge < -0.3 is 4.42 Å². The lowest BCUT2D eigenvalue weighted by Crippen LogP contribution is -1.89. The molecule has 0 aliphatic rings. The van der Waals surface area contributed by atoms with Crippen LogP contribution in [-0.2, 0) is 0 Å². The molecule has 0 fully saturated rings. The van der Waals surface area contributed by atoms with E-state index in [0.29, 0.717) is 33.6 Å². The topological polar surface area (TPSA) is 49.8 Å². The largest absolute Gasteiger partial charge is 0.455 e. The number of aromatic nitrogens is 1. The van der Waals surface area contributed by atoms with E-state index < -0.39 is 0 Å². The Morgan fingerprint density at radius 1 is 0.771 bits per heavy atom. The lowest BCUT2D eigenvalue weighted by Gasteiger charge is -2.07. The number of benzene rings is 4. The van der Waals surface area contributed by atoms with Crippen LogP contribution in [0.1, 0.15) is 11.1 Å². The van der Waals surface area contributed by atoms with Crippen LogP contribution in [0.15, 0.2) is 102 Å². The Labute approximate surface area is 201 Å². The highest BCUT2D eigenvalue weighted by molar-refractivity contribution is 6.13. The fourth-order valence-electron chi connectivity index (χ4n) is 4.55. The van der Waals surface area contributed by atoms with Crippen molar-refractivity contribution in [1.82, 2.24) is 4.98 Å². The first-order valence-corrected chi connectivity index (χ1v) is 11.3. The average molecular weight is 455 g/mol. The van der Waals surface area contributed by atoms with E-state index in [9.17, 15) is 9.65 Å². The molecule has 166 valence electrons. The van der Waals surface area contributed by atoms with Crippen molar-refractivity contribution in [2.24, 2.45) is 0 Å². The number of pyridine rings is 1. The number of rotatable bonds is 3. The highest BCUT2D eigenvalue weighted by Gasteiger charge is 2.19. The van der Waals surface area contributed by atoms with Crippen LogP contribution in [0.5, 0.6) is 0 Å². The van der Waals surface area contributed by atoms with Gasteiger partial charge in [0.15, 0.2) is 0 Å². The first-order chi connectivity index (χ1) is 17.1. The minimum absolute atomic E-state index is 0.311. The quantitative estimate of drug-likeness (QED) is 0.270. The molecule has 0 bridgehead atoms. The summed E-state index contributed by atoms with van der Waals surface area (Å²) in [7, 11) is 0. The molecule has 4 aromatic carbocycles. The highest BCUT2D eigenvalue weighted by atomic mass is 19.1. The number of fused-ring (bicyclic) bond motifs is 3. The highest BCUT2D eigenvalue weighted by Crippen LogP contribution is 2.41. The Balaban J connectivity index is 1.57. The maximum atomic E-state index is 14.3. The van der Waals surface area contributed by atoms with E-state index in [1.54, 1.807) is 6.92 Å². The second-order valence-electron chi connectivity index (χ2n) is 8.52. The normalized spacial score (nSPS) is 11.1. The van der Waals surface area contributed by atoms with Crippen LogP contribution in [0.25, 0.3) is 55.4 Å². The molecule has 0 atom stereocenters. The molecule has 3 nitrogen and oxygen atoms in total. The molecule has 0 spiro atoms. The van der Waals surface area contributed by atoms with Crippen molar-refractivity contribution in [3.63, 3.8) is 0 Å². The van der Waals surface area contributed by atoms with Crippen LogP contribution in [0.3, 0.4) is 0 Å². The first kappa shape index (κ1) is 20.8. The SMILES string of the molecule is Cc1cnc(-c2cccc3c2oc2c(-c4ccc(-c5ccccc5)cc4)c(C#N)ccc23)cc1F. The molecule has 0 unspecified atom stereocenters. The number of hydrogen-bond donors (Lipinski definition) is 0. The Kier molecular flexibility index (Phi) is 4.90. The maximum absolute atomic E-state index is 14.3. The predicted molar refractivity (Wildman–Crippen MR) is 137 cm³/mol. The average Bonchev–Trinajstić information content (AvgIpc) is 3.29. The van der Waals surface area contributed by atoms with Gasteiger partial charge in [0.05, 0.1) is 17.3 Å². The zero-order chi connectivity index (χ0) is 23.9. The molecular formula is C31H19FN2O. The van der Waals surface area contributed by atoms with Gasteiger partial charge in [0.2, 0.25) is 0 Å². The molecular weight excluding hydrogens is 435 g/mol. The first-order valence-electron chi connectivity index (χ1n) is 11.3. The molecule has 0 aliphatic heterocycles. The van der Waals surface area contributed by atoms with Crippen molar-refractivity contribution < 1.29 is 8.81 Å². The molecule has 4 heteroatoms. The Morgan fingerprint density at radius 3 is 2.23 bits per heavy atom. The third-order valence-corrected chi connectivity index (χ3v) is 6.38. The molecule has 0 saturated carbocycles. The van der Waals surface area contributed by atoms with Crippen molar-refractivity contribution in [3.05, 3.63) is 114 Å². The fraction of sp³-hybridized carbons (Fsp3) is 0.0323. The Hall–Kier alpha value is -4.75. The van der Waals surface area contributed by atoms with Crippen LogP contribution in [0.4, 0.5) is 4.39 Å². The maximum Gasteiger partial charge on any atom is 0.144 e. The van der Waals surface area contributed by atoms with Crippen LogP contribution in [-0.4, -0.2) is 4.98 Å². The lowest BCUT2D eigenvalue weighted by molar-refractivity contribution is 0.616. The van der Waals surface area contributed by atoms with E-state index in [1.165, 1.54) is 12.3 Å². The monoisotopic (exact) mass is 454 g/mol. The molecule has 0 saturated heterocycles. The number of halogens is 1. The van der Waals surface area contributed by atoms with Gasteiger partial charge in [-0.25, -0.2) is 4.39 Å². The number of aryl methyl sites for hydroxylation is 1. The summed E-state index contributed by atoms with van der Waals surface area (Å²) < 4.78 is 20.7. The lowest BCUT2D eigenvalue weighted by atomic mass is 9.95. The molecule has 0 amide bonds. The Morgan fingerprint density at radius 2 is 1.49 bits per heavy atom. The van der Waals surface area contributed by atoms with Gasteiger partial charge in [-0.15, -0.1) is 0 Å². The van der Waals surface area contributed by atoms with Gasteiger partial charge in [0.25, 0.3) is 0 Å². The Bertz CT molecular complexity index is 1760. The molecule has 6 aromatic rings. The number of furan rings is 1. The van der Waals surface area contributed by atoms with E-state index >= 15 is 0 Å². The molecule has 2 heterocycles. The molecule has 0 radical (unpaired) electrons. The number of para-hydroxylation sites is 1. The van der Waals surface area contributed by atoms with Gasteiger partial charge in [-0.05, 0) is 41.8 Å². The molecule has 6 rings (SSSR count). The van der Waals surface area contributed by atoms with Gasteiger partial charge in [0, 0.05) is 39.7 Å². The number of hydrogen-bond acceptors (Lipinski definition) is 3. The molecule has 2 aromatic heterocycles. The minimum atomic E-state index is -0.311. The van der Waals surface area contributed by atoms with Crippen LogP contribution >= 0.6 is 0 Å². The van der Waals surface area contributed by atoms with Gasteiger partial charge in [0.1, 0.15) is 17.0 Å². The second-order valence-corrected chi connectivity index (χ2v) is 8.52. The molecule has 0 N–H and O–H groups in total. The number of nitriles is 1. The van der Waals surface area contributed by atoms with E-state index in [1.807, 2.05) is 60.7 Å². The van der Waals surface area contributed by atoms with Crippen molar-refractivity contribution in [1.29, 1.82) is 5.26 Å². The summed E-state index contributed by atoms with van der Waals surface area (Å²) in [6.45, 7) is 1.69. The smallest absolute Gasteiger partial charge is 0.144 e. The second kappa shape index (κ2) is 8.23. The minimum Gasteiger partial charge on any atom is -0.455 e. The summed E-state index contributed by atoms with van der Waals surface area (Å²) in [5.74, 6) is -0.311. The molecule has 35 heavy (non-hydrogen) atoms.